The molecule has 0 heterocycles. The zero-order chi connectivity index (χ0) is 18.0. The Morgan fingerprint density at radius 2 is 1.96 bits per heavy atom. The zero-order valence-corrected chi connectivity index (χ0v) is 15.7. The maximum absolute atomic E-state index is 11.0. The van der Waals surface area contributed by atoms with Crippen molar-refractivity contribution in [2.24, 2.45) is 4.99 Å². The van der Waals surface area contributed by atoms with Gasteiger partial charge in [-0.1, -0.05) is 12.1 Å². The summed E-state index contributed by atoms with van der Waals surface area (Å²) in [5, 5.41) is 3.24. The van der Waals surface area contributed by atoms with Crippen molar-refractivity contribution >= 4 is 16.0 Å². The van der Waals surface area contributed by atoms with Gasteiger partial charge in [-0.05, 0) is 31.0 Å². The van der Waals surface area contributed by atoms with E-state index in [4.69, 9.17) is 4.74 Å². The maximum atomic E-state index is 11.0. The highest BCUT2D eigenvalue weighted by Crippen LogP contribution is 2.12. The van der Waals surface area contributed by atoms with E-state index in [0.29, 0.717) is 19.5 Å². The van der Waals surface area contributed by atoms with E-state index in [2.05, 4.69) is 15.0 Å². The van der Waals surface area contributed by atoms with E-state index < -0.39 is 10.0 Å². The Morgan fingerprint density at radius 1 is 1.29 bits per heavy atom. The van der Waals surface area contributed by atoms with E-state index in [1.165, 1.54) is 0 Å². The molecule has 0 aromatic heterocycles. The predicted octanol–water partition coefficient (Wildman–Crippen LogP) is 1.03. The number of ether oxygens (including phenoxy) is 1. The highest BCUT2D eigenvalue weighted by Gasteiger charge is 2.07. The van der Waals surface area contributed by atoms with Crippen LogP contribution in [0.25, 0.3) is 0 Å². The van der Waals surface area contributed by atoms with Crippen LogP contribution in [0.15, 0.2) is 29.3 Å². The minimum absolute atomic E-state index is 0.393. The van der Waals surface area contributed by atoms with Crippen LogP contribution < -0.4 is 14.8 Å². The minimum Gasteiger partial charge on any atom is -0.497 e. The predicted molar refractivity (Wildman–Crippen MR) is 97.9 cm³/mol. The number of nitrogens with zero attached hydrogens (tertiary/aromatic N) is 2. The molecule has 0 aliphatic carbocycles. The molecule has 0 saturated heterocycles. The number of benzene rings is 1. The largest absolute Gasteiger partial charge is 0.497 e. The van der Waals surface area contributed by atoms with E-state index in [0.717, 1.165) is 36.6 Å². The Kier molecular flexibility index (Phi) is 8.56. The van der Waals surface area contributed by atoms with Gasteiger partial charge in [0.2, 0.25) is 10.0 Å². The van der Waals surface area contributed by atoms with E-state index in [1.807, 2.05) is 43.1 Å². The molecule has 1 rings (SSSR count). The summed E-state index contributed by atoms with van der Waals surface area (Å²) < 4.78 is 29.6. The fourth-order valence-corrected chi connectivity index (χ4v) is 2.59. The normalized spacial score (nSPS) is 12.1. The van der Waals surface area contributed by atoms with Crippen LogP contribution >= 0.6 is 0 Å². The molecule has 0 spiro atoms. The van der Waals surface area contributed by atoms with Gasteiger partial charge >= 0.3 is 0 Å². The molecule has 0 bridgehead atoms. The maximum Gasteiger partial charge on any atom is 0.208 e. The van der Waals surface area contributed by atoms with Crippen LogP contribution in [0.4, 0.5) is 0 Å². The highest BCUT2D eigenvalue weighted by molar-refractivity contribution is 7.88. The number of guanidine groups is 1. The van der Waals surface area contributed by atoms with Gasteiger partial charge in [-0.25, -0.2) is 13.1 Å². The summed E-state index contributed by atoms with van der Waals surface area (Å²) in [4.78, 5) is 6.57. The molecule has 0 atom stereocenters. The van der Waals surface area contributed by atoms with Gasteiger partial charge in [0.1, 0.15) is 5.75 Å². The lowest BCUT2D eigenvalue weighted by Crippen LogP contribution is -2.38. The lowest BCUT2D eigenvalue weighted by molar-refractivity contribution is 0.414. The summed E-state index contributed by atoms with van der Waals surface area (Å²) in [6.45, 7) is 4.45. The number of hydrogen-bond acceptors (Lipinski definition) is 4. The Labute approximate surface area is 145 Å². The van der Waals surface area contributed by atoms with Gasteiger partial charge in [0.05, 0.1) is 13.4 Å². The van der Waals surface area contributed by atoms with E-state index >= 15 is 0 Å². The van der Waals surface area contributed by atoms with Crippen LogP contribution in [-0.2, 0) is 16.6 Å². The van der Waals surface area contributed by atoms with Crippen molar-refractivity contribution in [3.63, 3.8) is 0 Å². The lowest BCUT2D eigenvalue weighted by Gasteiger charge is -2.22. The molecule has 136 valence electrons. The number of sulfonamides is 1. The zero-order valence-electron chi connectivity index (χ0n) is 14.9. The first kappa shape index (κ1) is 20.2. The minimum atomic E-state index is -3.13. The van der Waals surface area contributed by atoms with E-state index in [1.54, 1.807) is 7.11 Å². The van der Waals surface area contributed by atoms with Gasteiger partial charge in [-0.2, -0.15) is 0 Å². The smallest absolute Gasteiger partial charge is 0.208 e. The molecule has 0 amide bonds. The van der Waals surface area contributed by atoms with Crippen LogP contribution in [0.3, 0.4) is 0 Å². The number of nitrogens with one attached hydrogen (secondary N) is 2. The molecule has 24 heavy (non-hydrogen) atoms. The van der Waals surface area contributed by atoms with Gasteiger partial charge in [0.25, 0.3) is 0 Å². The Morgan fingerprint density at radius 3 is 2.50 bits per heavy atom. The van der Waals surface area contributed by atoms with Crippen molar-refractivity contribution < 1.29 is 13.2 Å². The second kappa shape index (κ2) is 10.1. The van der Waals surface area contributed by atoms with Gasteiger partial charge in [0.15, 0.2) is 5.96 Å². The molecule has 7 nitrogen and oxygen atoms in total. The molecule has 1 aromatic rings. The van der Waals surface area contributed by atoms with Gasteiger partial charge in [-0.15, -0.1) is 0 Å². The number of methoxy groups -OCH3 is 1. The fraction of sp³-hybridized carbons (Fsp3) is 0.562. The monoisotopic (exact) mass is 356 g/mol. The fourth-order valence-electron chi connectivity index (χ4n) is 2.07. The lowest BCUT2D eigenvalue weighted by atomic mass is 10.2. The van der Waals surface area contributed by atoms with Crippen molar-refractivity contribution in [3.8, 4) is 5.75 Å². The second-order valence-electron chi connectivity index (χ2n) is 5.46. The molecule has 0 radical (unpaired) electrons. The van der Waals surface area contributed by atoms with Crippen molar-refractivity contribution in [1.29, 1.82) is 0 Å². The third-order valence-corrected chi connectivity index (χ3v) is 3.96. The highest BCUT2D eigenvalue weighted by atomic mass is 32.2. The van der Waals surface area contributed by atoms with Gasteiger partial charge < -0.3 is 15.0 Å². The van der Waals surface area contributed by atoms with Crippen molar-refractivity contribution in [1.82, 2.24) is 14.9 Å². The van der Waals surface area contributed by atoms with Crippen LogP contribution in [0, 0.1) is 0 Å². The first-order valence-electron chi connectivity index (χ1n) is 7.92. The summed E-state index contributed by atoms with van der Waals surface area (Å²) in [5.41, 5.74) is 1.16. The Balaban J connectivity index is 2.56. The number of rotatable bonds is 9. The third kappa shape index (κ3) is 8.16. The average molecular weight is 356 g/mol. The quantitative estimate of drug-likeness (QED) is 0.392. The molecule has 2 N–H and O–H groups in total. The van der Waals surface area contributed by atoms with Crippen LogP contribution in [0.2, 0.25) is 0 Å². The van der Waals surface area contributed by atoms with Crippen LogP contribution in [0.5, 0.6) is 5.75 Å². The molecule has 8 heteroatoms. The molecule has 0 saturated carbocycles. The van der Waals surface area contributed by atoms with Crippen molar-refractivity contribution in [2.75, 3.05) is 40.0 Å². The molecule has 0 aliphatic heterocycles. The summed E-state index contributed by atoms with van der Waals surface area (Å²) in [7, 11) is 0.489. The van der Waals surface area contributed by atoms with E-state index in [-0.39, 0.29) is 0 Å². The standard InChI is InChI=1S/C16H28N4O3S/c1-5-17-16(18-11-6-12-19-24(4,21)22)20(2)13-14-7-9-15(23-3)10-8-14/h7-10,19H,5-6,11-13H2,1-4H3,(H,17,18). The second-order valence-corrected chi connectivity index (χ2v) is 7.29. The number of hydrogen-bond donors (Lipinski definition) is 2. The SMILES string of the molecule is CCNC(=NCCCNS(C)(=O)=O)N(C)Cc1ccc(OC)cc1. The van der Waals surface area contributed by atoms with E-state index in [9.17, 15) is 8.42 Å². The number of aliphatic imine (C=N–C) groups is 1. The topological polar surface area (TPSA) is 83.0 Å². The first-order valence-corrected chi connectivity index (χ1v) is 9.82. The molecular formula is C16H28N4O3S. The summed E-state index contributed by atoms with van der Waals surface area (Å²) >= 11 is 0. The summed E-state index contributed by atoms with van der Waals surface area (Å²) in [6, 6.07) is 7.91. The Bertz CT molecular complexity index is 615. The molecule has 0 unspecified atom stereocenters. The summed E-state index contributed by atoms with van der Waals surface area (Å²) in [6.07, 6.45) is 1.81. The van der Waals surface area contributed by atoms with Gasteiger partial charge in [0, 0.05) is 33.2 Å². The summed E-state index contributed by atoms with van der Waals surface area (Å²) in [5.74, 6) is 1.63. The molecule has 0 fully saturated rings. The molecule has 0 aliphatic rings. The van der Waals surface area contributed by atoms with Gasteiger partial charge in [-0.3, -0.25) is 4.99 Å². The van der Waals surface area contributed by atoms with Crippen molar-refractivity contribution in [3.05, 3.63) is 29.8 Å². The third-order valence-electron chi connectivity index (χ3n) is 3.24. The van der Waals surface area contributed by atoms with Crippen LogP contribution in [-0.4, -0.2) is 59.3 Å². The van der Waals surface area contributed by atoms with Crippen molar-refractivity contribution in [2.45, 2.75) is 19.9 Å². The molecular weight excluding hydrogens is 328 g/mol. The molecule has 1 aromatic carbocycles. The van der Waals surface area contributed by atoms with Crippen LogP contribution in [0.1, 0.15) is 18.9 Å². The Hall–Kier alpha value is -1.80. The average Bonchev–Trinajstić information content (AvgIpc) is 2.53. The first-order chi connectivity index (χ1) is 11.4.